The third-order valence-electron chi connectivity index (χ3n) is 3.42. The Balaban J connectivity index is 2.85. The van der Waals surface area contributed by atoms with Crippen molar-refractivity contribution in [3.63, 3.8) is 0 Å². The number of rotatable bonds is 6. The van der Waals surface area contributed by atoms with E-state index in [1.54, 1.807) is 12.1 Å². The minimum Gasteiger partial charge on any atom is -0.481 e. The lowest BCUT2D eigenvalue weighted by molar-refractivity contribution is -0.138. The van der Waals surface area contributed by atoms with E-state index in [0.717, 1.165) is 12.1 Å². The molecule has 0 bridgehead atoms. The van der Waals surface area contributed by atoms with Gasteiger partial charge in [-0.2, -0.15) is 5.26 Å². The van der Waals surface area contributed by atoms with E-state index < -0.39 is 5.97 Å². The van der Waals surface area contributed by atoms with Gasteiger partial charge in [-0.3, -0.25) is 9.69 Å². The number of carbonyl (C=O) groups is 1. The SMILES string of the molecule is CCN(C(C)CC(=O)O)C(C)c1ccc(C#N)cc1. The third kappa shape index (κ3) is 4.08. The predicted octanol–water partition coefficient (Wildman–Crippen LogP) is 2.80. The molecule has 0 aliphatic rings. The summed E-state index contributed by atoms with van der Waals surface area (Å²) in [6.07, 6.45) is 0.133. The maximum absolute atomic E-state index is 10.8. The van der Waals surface area contributed by atoms with E-state index in [-0.39, 0.29) is 18.5 Å². The normalized spacial score (nSPS) is 13.8. The van der Waals surface area contributed by atoms with Gasteiger partial charge < -0.3 is 5.11 Å². The summed E-state index contributed by atoms with van der Waals surface area (Å²) >= 11 is 0. The monoisotopic (exact) mass is 260 g/mol. The molecule has 2 atom stereocenters. The van der Waals surface area contributed by atoms with Crippen LogP contribution >= 0.6 is 0 Å². The number of nitriles is 1. The Bertz CT molecular complexity index is 462. The van der Waals surface area contributed by atoms with E-state index in [2.05, 4.69) is 17.9 Å². The van der Waals surface area contributed by atoms with Gasteiger partial charge in [0.15, 0.2) is 0 Å². The van der Waals surface area contributed by atoms with Gasteiger partial charge in [-0.25, -0.2) is 0 Å². The first-order valence-electron chi connectivity index (χ1n) is 6.47. The standard InChI is InChI=1S/C15H20N2O2/c1-4-17(11(2)9-15(18)19)12(3)14-7-5-13(10-16)6-8-14/h5-8,11-12H,4,9H2,1-3H3,(H,18,19). The van der Waals surface area contributed by atoms with Crippen molar-refractivity contribution in [2.75, 3.05) is 6.54 Å². The third-order valence-corrected chi connectivity index (χ3v) is 3.42. The largest absolute Gasteiger partial charge is 0.481 e. The topological polar surface area (TPSA) is 64.3 Å². The summed E-state index contributed by atoms with van der Waals surface area (Å²) in [5.41, 5.74) is 1.73. The molecule has 0 amide bonds. The van der Waals surface area contributed by atoms with Gasteiger partial charge in [0.1, 0.15) is 0 Å². The molecule has 1 rings (SSSR count). The Hall–Kier alpha value is -1.86. The van der Waals surface area contributed by atoms with Crippen LogP contribution in [0.3, 0.4) is 0 Å². The Morgan fingerprint density at radius 2 is 1.95 bits per heavy atom. The summed E-state index contributed by atoms with van der Waals surface area (Å²) in [7, 11) is 0. The summed E-state index contributed by atoms with van der Waals surface area (Å²) in [6, 6.07) is 9.65. The van der Waals surface area contributed by atoms with Gasteiger partial charge in [0, 0.05) is 12.1 Å². The van der Waals surface area contributed by atoms with Crippen LogP contribution in [0.4, 0.5) is 0 Å². The molecule has 102 valence electrons. The molecule has 4 heteroatoms. The van der Waals surface area contributed by atoms with E-state index in [1.807, 2.05) is 26.0 Å². The van der Waals surface area contributed by atoms with Crippen LogP contribution in [0.5, 0.6) is 0 Å². The van der Waals surface area contributed by atoms with Crippen LogP contribution < -0.4 is 0 Å². The van der Waals surface area contributed by atoms with Crippen LogP contribution in [0.2, 0.25) is 0 Å². The van der Waals surface area contributed by atoms with Crippen molar-refractivity contribution in [1.82, 2.24) is 4.90 Å². The van der Waals surface area contributed by atoms with Crippen molar-refractivity contribution >= 4 is 5.97 Å². The second-order valence-electron chi connectivity index (χ2n) is 4.69. The molecule has 0 aromatic heterocycles. The molecule has 0 saturated heterocycles. The number of carboxylic acids is 1. The molecule has 4 nitrogen and oxygen atoms in total. The molecule has 1 aromatic carbocycles. The molecule has 0 saturated carbocycles. The molecule has 0 aliphatic heterocycles. The molecule has 19 heavy (non-hydrogen) atoms. The Morgan fingerprint density at radius 1 is 1.37 bits per heavy atom. The molecule has 1 aromatic rings. The number of benzene rings is 1. The lowest BCUT2D eigenvalue weighted by Gasteiger charge is -2.33. The number of nitrogens with zero attached hydrogens (tertiary/aromatic N) is 2. The zero-order chi connectivity index (χ0) is 14.4. The van der Waals surface area contributed by atoms with Crippen LogP contribution in [-0.4, -0.2) is 28.6 Å². The lowest BCUT2D eigenvalue weighted by atomic mass is 10.0. The molecule has 0 aliphatic carbocycles. The van der Waals surface area contributed by atoms with Crippen molar-refractivity contribution in [2.45, 2.75) is 39.3 Å². The molecule has 0 heterocycles. The van der Waals surface area contributed by atoms with Crippen molar-refractivity contribution < 1.29 is 9.90 Å². The highest BCUT2D eigenvalue weighted by Crippen LogP contribution is 2.23. The van der Waals surface area contributed by atoms with E-state index in [1.165, 1.54) is 0 Å². The van der Waals surface area contributed by atoms with Crippen LogP contribution in [0.1, 0.15) is 44.4 Å². The molecule has 0 radical (unpaired) electrons. The zero-order valence-electron chi connectivity index (χ0n) is 11.6. The Kier molecular flexibility index (Phi) is 5.53. The number of hydrogen-bond donors (Lipinski definition) is 1. The molecular formula is C15H20N2O2. The first kappa shape index (κ1) is 15.2. The zero-order valence-corrected chi connectivity index (χ0v) is 11.6. The summed E-state index contributed by atoms with van der Waals surface area (Å²) in [5.74, 6) is -0.780. The van der Waals surface area contributed by atoms with Crippen LogP contribution in [-0.2, 0) is 4.79 Å². The minimum atomic E-state index is -0.780. The van der Waals surface area contributed by atoms with Gasteiger partial charge in [-0.05, 0) is 38.1 Å². The first-order chi connectivity index (χ1) is 8.99. The summed E-state index contributed by atoms with van der Waals surface area (Å²) in [5, 5.41) is 17.7. The molecule has 1 N–H and O–H groups in total. The highest BCUT2D eigenvalue weighted by Gasteiger charge is 2.21. The molecule has 0 spiro atoms. The van der Waals surface area contributed by atoms with Crippen molar-refractivity contribution in [3.8, 4) is 6.07 Å². The number of aliphatic carboxylic acids is 1. The maximum Gasteiger partial charge on any atom is 0.304 e. The van der Waals surface area contributed by atoms with E-state index in [9.17, 15) is 4.79 Å². The van der Waals surface area contributed by atoms with Crippen molar-refractivity contribution in [1.29, 1.82) is 5.26 Å². The van der Waals surface area contributed by atoms with Crippen LogP contribution in [0.25, 0.3) is 0 Å². The van der Waals surface area contributed by atoms with Gasteiger partial charge in [0.2, 0.25) is 0 Å². The maximum atomic E-state index is 10.8. The van der Waals surface area contributed by atoms with Gasteiger partial charge in [-0.1, -0.05) is 19.1 Å². The molecule has 0 fully saturated rings. The van der Waals surface area contributed by atoms with E-state index in [0.29, 0.717) is 5.56 Å². The second kappa shape index (κ2) is 6.91. The van der Waals surface area contributed by atoms with E-state index in [4.69, 9.17) is 10.4 Å². The predicted molar refractivity (Wildman–Crippen MR) is 73.7 cm³/mol. The van der Waals surface area contributed by atoms with Crippen molar-refractivity contribution in [3.05, 3.63) is 35.4 Å². The fourth-order valence-electron chi connectivity index (χ4n) is 2.36. The number of hydrogen-bond acceptors (Lipinski definition) is 3. The van der Waals surface area contributed by atoms with Crippen molar-refractivity contribution in [2.24, 2.45) is 0 Å². The highest BCUT2D eigenvalue weighted by atomic mass is 16.4. The smallest absolute Gasteiger partial charge is 0.304 e. The summed E-state index contributed by atoms with van der Waals surface area (Å²) in [6.45, 7) is 6.80. The fourth-order valence-corrected chi connectivity index (χ4v) is 2.36. The van der Waals surface area contributed by atoms with Gasteiger partial charge in [0.05, 0.1) is 18.1 Å². The lowest BCUT2D eigenvalue weighted by Crippen LogP contribution is -2.36. The average molecular weight is 260 g/mol. The fraction of sp³-hybridized carbons (Fsp3) is 0.467. The molecular weight excluding hydrogens is 240 g/mol. The molecule has 2 unspecified atom stereocenters. The number of carboxylic acid groups (broad SMARTS) is 1. The minimum absolute atomic E-state index is 0.0202. The highest BCUT2D eigenvalue weighted by molar-refractivity contribution is 5.67. The van der Waals surface area contributed by atoms with Gasteiger partial charge in [-0.15, -0.1) is 0 Å². The van der Waals surface area contributed by atoms with E-state index >= 15 is 0 Å². The average Bonchev–Trinajstić information content (AvgIpc) is 2.38. The second-order valence-corrected chi connectivity index (χ2v) is 4.69. The quantitative estimate of drug-likeness (QED) is 0.854. The van der Waals surface area contributed by atoms with Crippen LogP contribution in [0, 0.1) is 11.3 Å². The Labute approximate surface area is 114 Å². The van der Waals surface area contributed by atoms with Crippen LogP contribution in [0.15, 0.2) is 24.3 Å². The summed E-state index contributed by atoms with van der Waals surface area (Å²) < 4.78 is 0. The van der Waals surface area contributed by atoms with Gasteiger partial charge in [0.25, 0.3) is 0 Å². The summed E-state index contributed by atoms with van der Waals surface area (Å²) in [4.78, 5) is 13.0. The first-order valence-corrected chi connectivity index (χ1v) is 6.47. The van der Waals surface area contributed by atoms with Gasteiger partial charge >= 0.3 is 5.97 Å². The Morgan fingerprint density at radius 3 is 2.37 bits per heavy atom.